The zero-order valence-electron chi connectivity index (χ0n) is 11.9. The quantitative estimate of drug-likeness (QED) is 0.736. The molecule has 3 rings (SSSR count). The average Bonchev–Trinajstić information content (AvgIpc) is 2.51. The SMILES string of the molecule is Cc1ccccc1-c1ccc(=O)n(Cc2ccccc2)n1. The fraction of sp³-hybridized carbons (Fsp3) is 0.111. The molecular weight excluding hydrogens is 260 g/mol. The molecule has 0 saturated carbocycles. The van der Waals surface area contributed by atoms with E-state index in [2.05, 4.69) is 5.10 Å². The third-order valence-electron chi connectivity index (χ3n) is 3.46. The molecule has 0 amide bonds. The van der Waals surface area contributed by atoms with Crippen molar-refractivity contribution in [2.75, 3.05) is 0 Å². The highest BCUT2D eigenvalue weighted by molar-refractivity contribution is 5.62. The van der Waals surface area contributed by atoms with E-state index in [0.29, 0.717) is 6.54 Å². The number of hydrogen-bond donors (Lipinski definition) is 0. The first-order valence-corrected chi connectivity index (χ1v) is 6.92. The van der Waals surface area contributed by atoms with Crippen LogP contribution in [0.3, 0.4) is 0 Å². The Morgan fingerprint density at radius 2 is 1.62 bits per heavy atom. The van der Waals surface area contributed by atoms with Crippen LogP contribution in [0.25, 0.3) is 11.3 Å². The monoisotopic (exact) mass is 276 g/mol. The molecule has 0 atom stereocenters. The van der Waals surface area contributed by atoms with Gasteiger partial charge in [-0.3, -0.25) is 4.79 Å². The van der Waals surface area contributed by atoms with Gasteiger partial charge in [-0.25, -0.2) is 4.68 Å². The summed E-state index contributed by atoms with van der Waals surface area (Å²) >= 11 is 0. The number of aromatic nitrogens is 2. The summed E-state index contributed by atoms with van der Waals surface area (Å²) in [6.07, 6.45) is 0. The summed E-state index contributed by atoms with van der Waals surface area (Å²) in [4.78, 5) is 12.0. The van der Waals surface area contributed by atoms with Gasteiger partial charge in [-0.05, 0) is 24.1 Å². The van der Waals surface area contributed by atoms with Crippen LogP contribution in [0.4, 0.5) is 0 Å². The Labute approximate surface area is 123 Å². The number of nitrogens with zero attached hydrogens (tertiary/aromatic N) is 2. The molecule has 0 bridgehead atoms. The van der Waals surface area contributed by atoms with E-state index in [1.54, 1.807) is 12.1 Å². The minimum absolute atomic E-state index is 0.0869. The van der Waals surface area contributed by atoms with Crippen molar-refractivity contribution in [2.45, 2.75) is 13.5 Å². The van der Waals surface area contributed by atoms with Crippen LogP contribution in [-0.4, -0.2) is 9.78 Å². The molecule has 0 aliphatic rings. The predicted molar refractivity (Wildman–Crippen MR) is 84.2 cm³/mol. The Bertz CT molecular complexity index is 807. The predicted octanol–water partition coefficient (Wildman–Crippen LogP) is 3.27. The van der Waals surface area contributed by atoms with Crippen molar-refractivity contribution in [1.82, 2.24) is 9.78 Å². The van der Waals surface area contributed by atoms with Crippen LogP contribution >= 0.6 is 0 Å². The number of rotatable bonds is 3. The van der Waals surface area contributed by atoms with Crippen molar-refractivity contribution in [1.29, 1.82) is 0 Å². The van der Waals surface area contributed by atoms with Gasteiger partial charge in [0.25, 0.3) is 5.56 Å². The summed E-state index contributed by atoms with van der Waals surface area (Å²) in [7, 11) is 0. The maximum atomic E-state index is 12.0. The molecule has 0 spiro atoms. The third-order valence-corrected chi connectivity index (χ3v) is 3.46. The Morgan fingerprint density at radius 1 is 0.905 bits per heavy atom. The van der Waals surface area contributed by atoms with E-state index in [-0.39, 0.29) is 5.56 Å². The van der Waals surface area contributed by atoms with E-state index in [0.717, 1.165) is 22.4 Å². The van der Waals surface area contributed by atoms with Gasteiger partial charge in [0.05, 0.1) is 12.2 Å². The topological polar surface area (TPSA) is 34.9 Å². The molecule has 3 heteroatoms. The van der Waals surface area contributed by atoms with Crippen molar-refractivity contribution in [3.05, 3.63) is 88.2 Å². The summed E-state index contributed by atoms with van der Waals surface area (Å²) in [6.45, 7) is 2.53. The first-order chi connectivity index (χ1) is 10.2. The number of benzene rings is 2. The Morgan fingerprint density at radius 3 is 2.38 bits per heavy atom. The molecular formula is C18H16N2O. The van der Waals surface area contributed by atoms with Gasteiger partial charge in [-0.15, -0.1) is 0 Å². The van der Waals surface area contributed by atoms with Gasteiger partial charge >= 0.3 is 0 Å². The van der Waals surface area contributed by atoms with Crippen molar-refractivity contribution in [2.24, 2.45) is 0 Å². The molecule has 21 heavy (non-hydrogen) atoms. The van der Waals surface area contributed by atoms with Crippen LogP contribution in [0.15, 0.2) is 71.5 Å². The molecule has 0 saturated heterocycles. The van der Waals surface area contributed by atoms with E-state index in [9.17, 15) is 4.79 Å². The van der Waals surface area contributed by atoms with Gasteiger partial charge in [-0.1, -0.05) is 54.6 Å². The van der Waals surface area contributed by atoms with Gasteiger partial charge in [0.2, 0.25) is 0 Å². The van der Waals surface area contributed by atoms with Crippen molar-refractivity contribution in [3.63, 3.8) is 0 Å². The fourth-order valence-corrected chi connectivity index (χ4v) is 2.32. The molecule has 0 N–H and O–H groups in total. The first kappa shape index (κ1) is 13.3. The number of hydrogen-bond acceptors (Lipinski definition) is 2. The zero-order valence-corrected chi connectivity index (χ0v) is 11.9. The Kier molecular flexibility index (Phi) is 3.65. The lowest BCUT2D eigenvalue weighted by atomic mass is 10.1. The van der Waals surface area contributed by atoms with Gasteiger partial charge in [0, 0.05) is 11.6 Å². The van der Waals surface area contributed by atoms with Crippen molar-refractivity contribution < 1.29 is 0 Å². The van der Waals surface area contributed by atoms with Gasteiger partial charge < -0.3 is 0 Å². The maximum absolute atomic E-state index is 12.0. The summed E-state index contributed by atoms with van der Waals surface area (Å²) in [5.41, 5.74) is 4.00. The third kappa shape index (κ3) is 2.92. The van der Waals surface area contributed by atoms with E-state index in [1.165, 1.54) is 4.68 Å². The summed E-state index contributed by atoms with van der Waals surface area (Å²) in [6, 6.07) is 21.3. The van der Waals surface area contributed by atoms with E-state index in [1.807, 2.05) is 61.5 Å². The Balaban J connectivity index is 2.01. The second-order valence-corrected chi connectivity index (χ2v) is 5.01. The van der Waals surface area contributed by atoms with Crippen LogP contribution in [-0.2, 0) is 6.54 Å². The molecule has 3 aromatic rings. The van der Waals surface area contributed by atoms with Crippen molar-refractivity contribution in [3.8, 4) is 11.3 Å². The standard InChI is InChI=1S/C18H16N2O/c1-14-7-5-6-10-16(14)17-11-12-18(21)20(19-17)13-15-8-3-2-4-9-15/h2-12H,13H2,1H3. The molecule has 0 aliphatic carbocycles. The summed E-state index contributed by atoms with van der Waals surface area (Å²) in [5, 5.41) is 4.50. The molecule has 1 aromatic heterocycles. The minimum atomic E-state index is -0.0869. The second kappa shape index (κ2) is 5.75. The van der Waals surface area contributed by atoms with E-state index >= 15 is 0 Å². The van der Waals surface area contributed by atoms with Crippen LogP contribution in [0, 0.1) is 6.92 Å². The highest BCUT2D eigenvalue weighted by atomic mass is 16.1. The van der Waals surface area contributed by atoms with Crippen molar-refractivity contribution >= 4 is 0 Å². The lowest BCUT2D eigenvalue weighted by molar-refractivity contribution is 0.642. The van der Waals surface area contributed by atoms with E-state index in [4.69, 9.17) is 0 Å². The largest absolute Gasteiger partial charge is 0.268 e. The van der Waals surface area contributed by atoms with Gasteiger partial charge in [0.1, 0.15) is 0 Å². The maximum Gasteiger partial charge on any atom is 0.267 e. The van der Waals surface area contributed by atoms with Gasteiger partial charge in [0.15, 0.2) is 0 Å². The number of aryl methyl sites for hydroxylation is 1. The fourth-order valence-electron chi connectivity index (χ4n) is 2.32. The molecule has 0 aliphatic heterocycles. The second-order valence-electron chi connectivity index (χ2n) is 5.01. The smallest absolute Gasteiger partial charge is 0.267 e. The van der Waals surface area contributed by atoms with Crippen LogP contribution in [0.5, 0.6) is 0 Å². The Hall–Kier alpha value is -2.68. The highest BCUT2D eigenvalue weighted by Gasteiger charge is 2.06. The highest BCUT2D eigenvalue weighted by Crippen LogP contribution is 2.19. The van der Waals surface area contributed by atoms with Gasteiger partial charge in [-0.2, -0.15) is 5.10 Å². The summed E-state index contributed by atoms with van der Waals surface area (Å²) < 4.78 is 1.51. The molecule has 1 heterocycles. The van der Waals surface area contributed by atoms with E-state index < -0.39 is 0 Å². The average molecular weight is 276 g/mol. The lowest BCUT2D eigenvalue weighted by Crippen LogP contribution is -2.22. The first-order valence-electron chi connectivity index (χ1n) is 6.92. The lowest BCUT2D eigenvalue weighted by Gasteiger charge is -2.09. The molecule has 104 valence electrons. The molecule has 2 aromatic carbocycles. The van der Waals surface area contributed by atoms with Crippen LogP contribution in [0.2, 0.25) is 0 Å². The molecule has 3 nitrogen and oxygen atoms in total. The molecule has 0 unspecified atom stereocenters. The normalized spacial score (nSPS) is 10.5. The zero-order chi connectivity index (χ0) is 14.7. The molecule has 0 fully saturated rings. The summed E-state index contributed by atoms with van der Waals surface area (Å²) in [5.74, 6) is 0. The van der Waals surface area contributed by atoms with Crippen LogP contribution in [0.1, 0.15) is 11.1 Å². The molecule has 0 radical (unpaired) electrons. The van der Waals surface area contributed by atoms with Crippen LogP contribution < -0.4 is 5.56 Å². The minimum Gasteiger partial charge on any atom is -0.268 e.